The van der Waals surface area contributed by atoms with Gasteiger partial charge in [-0.05, 0) is 84.4 Å². The monoisotopic (exact) mass is 824 g/mol. The molecule has 0 aliphatic heterocycles. The number of unbranched alkanes of at least 4 members (excludes halogenated alkanes) is 4. The fourth-order valence-electron chi connectivity index (χ4n) is 5.74. The Bertz CT molecular complexity index is 940. The largest absolute Gasteiger partial charge is 0.465 e. The molecule has 0 aromatic heterocycles. The Morgan fingerprint density at radius 2 is 1.11 bits per heavy atom. The minimum absolute atomic E-state index is 0.0498. The Balaban J connectivity index is 6.39. The van der Waals surface area contributed by atoms with Crippen LogP contribution in [0.1, 0.15) is 146 Å². The summed E-state index contributed by atoms with van der Waals surface area (Å²) in [5.41, 5.74) is -0.651. The van der Waals surface area contributed by atoms with Crippen LogP contribution in [0, 0.1) is 5.41 Å². The third kappa shape index (κ3) is 31.2. The Kier molecular flexibility index (Phi) is 32.0. The molecule has 2 atom stereocenters. The smallest absolute Gasteiger partial charge is 0.305 e. The lowest BCUT2D eigenvalue weighted by Crippen LogP contribution is -2.40. The van der Waals surface area contributed by atoms with E-state index in [0.717, 1.165) is 56.5 Å². The molecular weight excluding hydrogens is 749 g/mol. The predicted octanol–water partition coefficient (Wildman–Crippen LogP) is 12.0. The van der Waals surface area contributed by atoms with E-state index >= 15 is 0 Å². The zero-order valence-electron chi connectivity index (χ0n) is 35.0. The number of thioether (sulfide) groups is 4. The first-order valence-electron chi connectivity index (χ1n) is 19.8. The Labute approximate surface area is 341 Å². The molecule has 0 amide bonds. The minimum atomic E-state index is -0.651. The maximum Gasteiger partial charge on any atom is 0.305 e. The van der Waals surface area contributed by atoms with Gasteiger partial charge in [0.25, 0.3) is 0 Å². The van der Waals surface area contributed by atoms with Gasteiger partial charge in [-0.15, -0.1) is 0 Å². The maximum atomic E-state index is 13.3. The van der Waals surface area contributed by atoms with E-state index < -0.39 is 5.41 Å². The lowest BCUT2D eigenvalue weighted by molar-refractivity contribution is -0.259. The number of hydrogen-bond donors (Lipinski definition) is 0. The molecule has 53 heavy (non-hydrogen) atoms. The molecule has 0 aromatic rings. The van der Waals surface area contributed by atoms with Crippen molar-refractivity contribution >= 4 is 59.0 Å². The van der Waals surface area contributed by atoms with E-state index in [1.54, 1.807) is 0 Å². The van der Waals surface area contributed by atoms with Gasteiger partial charge in [0.2, 0.25) is 0 Å². The van der Waals surface area contributed by atoms with Crippen LogP contribution in [-0.2, 0) is 38.6 Å². The van der Waals surface area contributed by atoms with Crippen LogP contribution in [0.5, 0.6) is 0 Å². The van der Waals surface area contributed by atoms with Crippen LogP contribution in [0.3, 0.4) is 0 Å². The molecule has 8 nitrogen and oxygen atoms in total. The molecule has 0 aliphatic rings. The number of carbonyl (C=O) groups is 2. The van der Waals surface area contributed by atoms with Gasteiger partial charge < -0.3 is 19.2 Å². The summed E-state index contributed by atoms with van der Waals surface area (Å²) in [4.78, 5) is 47.4. The molecule has 0 N–H and O–H groups in total. The number of hydrogen-bond acceptors (Lipinski definition) is 12. The van der Waals surface area contributed by atoms with E-state index in [0.29, 0.717) is 77.6 Å². The first kappa shape index (κ1) is 52.3. The van der Waals surface area contributed by atoms with Crippen LogP contribution in [0.15, 0.2) is 24.7 Å². The molecule has 312 valence electrons. The standard InChI is InChI=1S/C41H76O8S4/c1-13-47-49-36(11)26-38(53-34(8)9)28-41(27-37(52-33(6)7)23-22-35(10)48-44-12,29-45-39(42)20-16-14-18-24-50-31(2)3)30-46-40(43)21-17-15-19-25-51-32(4)5/h31-34,37-38H,10-11,13-30H2,1-9,12H3. The van der Waals surface area contributed by atoms with Crippen molar-refractivity contribution in [1.29, 1.82) is 0 Å². The van der Waals surface area contributed by atoms with E-state index in [9.17, 15) is 9.59 Å². The van der Waals surface area contributed by atoms with Crippen LogP contribution >= 0.6 is 47.0 Å². The van der Waals surface area contributed by atoms with Crippen molar-refractivity contribution in [2.45, 2.75) is 177 Å². The molecule has 0 bridgehead atoms. The third-order valence-corrected chi connectivity index (χ3v) is 13.0. The maximum absolute atomic E-state index is 13.3. The van der Waals surface area contributed by atoms with E-state index in [1.165, 1.54) is 7.11 Å². The molecule has 0 heterocycles. The summed E-state index contributed by atoms with van der Waals surface area (Å²) in [5.74, 6) is 2.89. The van der Waals surface area contributed by atoms with E-state index in [4.69, 9.17) is 29.0 Å². The molecule has 2 unspecified atom stereocenters. The normalized spacial score (nSPS) is 13.1. The molecule has 0 fully saturated rings. The predicted molar refractivity (Wildman–Crippen MR) is 232 cm³/mol. The number of allylic oxidation sites excluding steroid dienone is 2. The number of rotatable bonds is 36. The highest BCUT2D eigenvalue weighted by Crippen LogP contribution is 2.42. The Hall–Kier alpha value is -0.660. The van der Waals surface area contributed by atoms with Crippen LogP contribution in [-0.4, -0.2) is 81.9 Å². The summed E-state index contributed by atoms with van der Waals surface area (Å²) in [5, 5.41) is 2.09. The van der Waals surface area contributed by atoms with Crippen molar-refractivity contribution in [3.8, 4) is 0 Å². The van der Waals surface area contributed by atoms with Gasteiger partial charge in [0.1, 0.15) is 24.7 Å². The lowest BCUT2D eigenvalue weighted by atomic mass is 9.78. The average Bonchev–Trinajstić information content (AvgIpc) is 3.06. The van der Waals surface area contributed by atoms with Gasteiger partial charge in [-0.3, -0.25) is 9.59 Å². The number of ether oxygens (including phenoxy) is 2. The molecule has 12 heteroatoms. The topological polar surface area (TPSA) is 89.5 Å². The van der Waals surface area contributed by atoms with Crippen LogP contribution in [0.4, 0.5) is 0 Å². The molecule has 0 saturated heterocycles. The molecular formula is C41H76O8S4. The van der Waals surface area contributed by atoms with Crippen molar-refractivity contribution in [1.82, 2.24) is 0 Å². The van der Waals surface area contributed by atoms with Gasteiger partial charge in [0.05, 0.1) is 13.7 Å². The summed E-state index contributed by atoms with van der Waals surface area (Å²) in [7, 11) is 1.48. The van der Waals surface area contributed by atoms with Gasteiger partial charge in [-0.25, -0.2) is 0 Å². The summed E-state index contributed by atoms with van der Waals surface area (Å²) >= 11 is 7.61. The first-order chi connectivity index (χ1) is 25.1. The van der Waals surface area contributed by atoms with Gasteiger partial charge in [-0.1, -0.05) is 81.4 Å². The fourth-order valence-corrected chi connectivity index (χ4v) is 10.4. The summed E-state index contributed by atoms with van der Waals surface area (Å²) in [6.45, 7) is 28.3. The average molecular weight is 825 g/mol. The SMILES string of the molecule is C=C(CCC(CC(COC(=O)CCCCCSC(C)C)(COC(=O)CCCCCSC(C)C)CC(CC(=C)OOCC)SC(C)C)SC(C)C)OOC. The highest BCUT2D eigenvalue weighted by molar-refractivity contribution is 8.00. The van der Waals surface area contributed by atoms with Gasteiger partial charge in [0.15, 0.2) is 0 Å². The number of esters is 2. The molecule has 0 saturated carbocycles. The van der Waals surface area contributed by atoms with E-state index in [-0.39, 0.29) is 35.7 Å². The summed E-state index contributed by atoms with van der Waals surface area (Å²) in [6, 6.07) is 0. The molecule has 0 aliphatic carbocycles. The molecule has 0 radical (unpaired) electrons. The second kappa shape index (κ2) is 32.4. The molecule has 0 aromatic carbocycles. The number of carbonyl (C=O) groups excluding carboxylic acids is 2. The quantitative estimate of drug-likeness (QED) is 0.0198. The Morgan fingerprint density at radius 3 is 1.57 bits per heavy atom. The second-order valence-corrected chi connectivity index (χ2v) is 22.0. The highest BCUT2D eigenvalue weighted by Gasteiger charge is 2.40. The van der Waals surface area contributed by atoms with Crippen molar-refractivity contribution in [3.63, 3.8) is 0 Å². The van der Waals surface area contributed by atoms with E-state index in [2.05, 4.69) is 68.5 Å². The Morgan fingerprint density at radius 1 is 0.623 bits per heavy atom. The van der Waals surface area contributed by atoms with Crippen LogP contribution in [0.2, 0.25) is 0 Å². The van der Waals surface area contributed by atoms with E-state index in [1.807, 2.05) is 54.0 Å². The third-order valence-electron chi connectivity index (χ3n) is 7.98. The minimum Gasteiger partial charge on any atom is -0.465 e. The summed E-state index contributed by atoms with van der Waals surface area (Å²) in [6.07, 6.45) is 9.73. The van der Waals surface area contributed by atoms with Crippen LogP contribution in [0.25, 0.3) is 0 Å². The fraction of sp³-hybridized carbons (Fsp3) is 0.854. The van der Waals surface area contributed by atoms with Gasteiger partial charge in [-0.2, -0.15) is 56.8 Å². The molecule has 0 spiro atoms. The zero-order chi connectivity index (χ0) is 40.1. The van der Waals surface area contributed by atoms with Crippen molar-refractivity contribution < 1.29 is 38.6 Å². The van der Waals surface area contributed by atoms with Crippen molar-refractivity contribution in [2.24, 2.45) is 5.41 Å². The second-order valence-electron chi connectivity index (χ2n) is 14.9. The van der Waals surface area contributed by atoms with Gasteiger partial charge >= 0.3 is 11.9 Å². The lowest BCUT2D eigenvalue weighted by Gasteiger charge is -2.39. The van der Waals surface area contributed by atoms with Crippen molar-refractivity contribution in [3.05, 3.63) is 24.7 Å². The van der Waals surface area contributed by atoms with Crippen molar-refractivity contribution in [2.75, 3.05) is 38.4 Å². The first-order valence-corrected chi connectivity index (χ1v) is 23.8. The summed E-state index contributed by atoms with van der Waals surface area (Å²) < 4.78 is 12.4. The van der Waals surface area contributed by atoms with Gasteiger partial charge in [0, 0.05) is 41.6 Å². The molecule has 0 rings (SSSR count). The van der Waals surface area contributed by atoms with Crippen LogP contribution < -0.4 is 0 Å². The highest BCUT2D eigenvalue weighted by atomic mass is 32.2. The zero-order valence-corrected chi connectivity index (χ0v) is 38.3.